The Labute approximate surface area is 104 Å². The highest BCUT2D eigenvalue weighted by molar-refractivity contribution is 4.87. The van der Waals surface area contributed by atoms with Gasteiger partial charge in [0, 0.05) is 0 Å². The largest absolute Gasteiger partial charge is 0.388 e. The first-order valence-electron chi connectivity index (χ1n) is 6.20. The average Bonchev–Trinajstić information content (AvgIpc) is 2.41. The van der Waals surface area contributed by atoms with Crippen molar-refractivity contribution in [3.63, 3.8) is 0 Å². The Morgan fingerprint density at radius 1 is 1.12 bits per heavy atom. The van der Waals surface area contributed by atoms with E-state index in [-0.39, 0.29) is 23.4 Å². The quantitative estimate of drug-likeness (QED) is 0.824. The van der Waals surface area contributed by atoms with Crippen molar-refractivity contribution in [2.75, 3.05) is 13.2 Å². The molecule has 1 aliphatic heterocycles. The molecule has 1 aliphatic rings. The Bertz CT molecular complexity index is 239. The minimum absolute atomic E-state index is 0.191. The van der Waals surface area contributed by atoms with Crippen LogP contribution in [-0.2, 0) is 14.2 Å². The molecule has 0 saturated carbocycles. The second-order valence-electron chi connectivity index (χ2n) is 6.56. The molecule has 0 radical (unpaired) electrons. The van der Waals surface area contributed by atoms with Crippen LogP contribution in [0.2, 0.25) is 0 Å². The third kappa shape index (κ3) is 5.34. The monoisotopic (exact) mass is 246 g/mol. The van der Waals surface area contributed by atoms with E-state index in [4.69, 9.17) is 14.2 Å². The molecule has 0 aliphatic carbocycles. The van der Waals surface area contributed by atoms with E-state index in [1.807, 2.05) is 41.5 Å². The summed E-state index contributed by atoms with van der Waals surface area (Å²) in [4.78, 5) is 0. The van der Waals surface area contributed by atoms with Gasteiger partial charge >= 0.3 is 0 Å². The smallest absolute Gasteiger partial charge is 0.115 e. The van der Waals surface area contributed by atoms with Gasteiger partial charge < -0.3 is 19.3 Å². The van der Waals surface area contributed by atoms with Crippen LogP contribution in [0.25, 0.3) is 0 Å². The summed E-state index contributed by atoms with van der Waals surface area (Å²) in [7, 11) is 0. The van der Waals surface area contributed by atoms with Gasteiger partial charge in [-0.1, -0.05) is 0 Å². The lowest BCUT2D eigenvalue weighted by Crippen LogP contribution is -2.42. The summed E-state index contributed by atoms with van der Waals surface area (Å²) < 4.78 is 17.0. The Kier molecular flexibility index (Phi) is 4.58. The van der Waals surface area contributed by atoms with Crippen LogP contribution in [0.3, 0.4) is 0 Å². The average molecular weight is 246 g/mol. The SMILES string of the molecule is CC(C)(C)OC[C@H]1OCC(O)C1OC(C)(C)C. The molecule has 4 heteroatoms. The van der Waals surface area contributed by atoms with Crippen LogP contribution in [-0.4, -0.2) is 47.8 Å². The summed E-state index contributed by atoms with van der Waals surface area (Å²) in [5.41, 5.74) is -0.498. The molecular weight excluding hydrogens is 220 g/mol. The lowest BCUT2D eigenvalue weighted by atomic mass is 10.1. The minimum Gasteiger partial charge on any atom is -0.388 e. The molecule has 0 aromatic carbocycles. The van der Waals surface area contributed by atoms with E-state index < -0.39 is 6.10 Å². The summed E-state index contributed by atoms with van der Waals surface area (Å²) in [5, 5.41) is 9.85. The molecule has 0 aromatic rings. The maximum absolute atomic E-state index is 9.85. The molecule has 1 fully saturated rings. The van der Waals surface area contributed by atoms with Crippen molar-refractivity contribution in [2.24, 2.45) is 0 Å². The van der Waals surface area contributed by atoms with Gasteiger partial charge in [-0.2, -0.15) is 0 Å². The van der Waals surface area contributed by atoms with Crippen LogP contribution in [0.1, 0.15) is 41.5 Å². The number of ether oxygens (including phenoxy) is 3. The van der Waals surface area contributed by atoms with Gasteiger partial charge in [-0.3, -0.25) is 0 Å². The lowest BCUT2D eigenvalue weighted by molar-refractivity contribution is -0.136. The fourth-order valence-corrected chi connectivity index (χ4v) is 1.70. The van der Waals surface area contributed by atoms with Crippen molar-refractivity contribution in [3.05, 3.63) is 0 Å². The van der Waals surface area contributed by atoms with Gasteiger partial charge in [0.1, 0.15) is 18.3 Å². The Balaban J connectivity index is 2.53. The molecule has 0 bridgehead atoms. The molecule has 1 saturated heterocycles. The summed E-state index contributed by atoms with van der Waals surface area (Å²) in [6, 6.07) is 0. The molecule has 3 atom stereocenters. The van der Waals surface area contributed by atoms with E-state index in [9.17, 15) is 5.11 Å². The van der Waals surface area contributed by atoms with Crippen molar-refractivity contribution < 1.29 is 19.3 Å². The molecule has 1 rings (SSSR count). The Hall–Kier alpha value is -0.160. The predicted molar refractivity (Wildman–Crippen MR) is 66.1 cm³/mol. The molecule has 1 N–H and O–H groups in total. The first-order valence-corrected chi connectivity index (χ1v) is 6.20. The summed E-state index contributed by atoms with van der Waals surface area (Å²) >= 11 is 0. The molecule has 1 heterocycles. The topological polar surface area (TPSA) is 47.9 Å². The lowest BCUT2D eigenvalue weighted by Gasteiger charge is -2.30. The van der Waals surface area contributed by atoms with Gasteiger partial charge in [-0.15, -0.1) is 0 Å². The molecule has 4 nitrogen and oxygen atoms in total. The van der Waals surface area contributed by atoms with Crippen molar-refractivity contribution >= 4 is 0 Å². The van der Waals surface area contributed by atoms with E-state index in [2.05, 4.69) is 0 Å². The van der Waals surface area contributed by atoms with E-state index in [0.29, 0.717) is 13.2 Å². The third-order valence-electron chi connectivity index (χ3n) is 2.40. The van der Waals surface area contributed by atoms with Gasteiger partial charge in [-0.25, -0.2) is 0 Å². The zero-order valence-corrected chi connectivity index (χ0v) is 11.8. The Morgan fingerprint density at radius 3 is 2.18 bits per heavy atom. The van der Waals surface area contributed by atoms with Crippen molar-refractivity contribution in [2.45, 2.75) is 71.1 Å². The number of hydrogen-bond donors (Lipinski definition) is 1. The molecule has 0 aromatic heterocycles. The number of rotatable bonds is 3. The van der Waals surface area contributed by atoms with Crippen molar-refractivity contribution in [1.82, 2.24) is 0 Å². The highest BCUT2D eigenvalue weighted by Crippen LogP contribution is 2.24. The van der Waals surface area contributed by atoms with Gasteiger partial charge in [0.15, 0.2) is 0 Å². The number of aliphatic hydroxyl groups is 1. The molecular formula is C13H26O4. The number of hydrogen-bond acceptors (Lipinski definition) is 4. The van der Waals surface area contributed by atoms with Crippen LogP contribution >= 0.6 is 0 Å². The summed E-state index contributed by atoms with van der Waals surface area (Å²) in [6.45, 7) is 12.7. The van der Waals surface area contributed by atoms with Crippen molar-refractivity contribution in [1.29, 1.82) is 0 Å². The van der Waals surface area contributed by atoms with E-state index in [1.165, 1.54) is 0 Å². The Morgan fingerprint density at radius 2 is 1.71 bits per heavy atom. The highest BCUT2D eigenvalue weighted by atomic mass is 16.6. The zero-order valence-electron chi connectivity index (χ0n) is 11.8. The van der Waals surface area contributed by atoms with Gasteiger partial charge in [0.2, 0.25) is 0 Å². The molecule has 0 spiro atoms. The first-order chi connectivity index (χ1) is 7.58. The summed E-state index contributed by atoms with van der Waals surface area (Å²) in [6.07, 6.45) is -1.07. The van der Waals surface area contributed by atoms with Gasteiger partial charge in [-0.05, 0) is 41.5 Å². The molecule has 2 unspecified atom stereocenters. The van der Waals surface area contributed by atoms with Gasteiger partial charge in [0.05, 0.1) is 24.4 Å². The molecule has 102 valence electrons. The second-order valence-corrected chi connectivity index (χ2v) is 6.56. The summed E-state index contributed by atoms with van der Waals surface area (Å²) in [5.74, 6) is 0. The molecule has 0 amide bonds. The third-order valence-corrected chi connectivity index (χ3v) is 2.40. The second kappa shape index (κ2) is 5.22. The van der Waals surface area contributed by atoms with Crippen molar-refractivity contribution in [3.8, 4) is 0 Å². The fourth-order valence-electron chi connectivity index (χ4n) is 1.70. The predicted octanol–water partition coefficient (Wildman–Crippen LogP) is 1.74. The highest BCUT2D eigenvalue weighted by Gasteiger charge is 2.40. The minimum atomic E-state index is -0.567. The van der Waals surface area contributed by atoms with E-state index >= 15 is 0 Å². The fraction of sp³-hybridized carbons (Fsp3) is 1.00. The zero-order chi connectivity index (χ0) is 13.3. The number of aliphatic hydroxyl groups excluding tert-OH is 1. The van der Waals surface area contributed by atoms with Crippen LogP contribution in [0.15, 0.2) is 0 Å². The maximum Gasteiger partial charge on any atom is 0.115 e. The normalized spacial score (nSPS) is 30.9. The van der Waals surface area contributed by atoms with E-state index in [0.717, 1.165) is 0 Å². The maximum atomic E-state index is 9.85. The van der Waals surface area contributed by atoms with Crippen LogP contribution in [0.4, 0.5) is 0 Å². The van der Waals surface area contributed by atoms with Crippen LogP contribution in [0, 0.1) is 0 Å². The molecule has 17 heavy (non-hydrogen) atoms. The first kappa shape index (κ1) is 14.9. The van der Waals surface area contributed by atoms with Gasteiger partial charge in [0.25, 0.3) is 0 Å². The van der Waals surface area contributed by atoms with E-state index in [1.54, 1.807) is 0 Å². The van der Waals surface area contributed by atoms with Crippen LogP contribution in [0.5, 0.6) is 0 Å². The standard InChI is InChI=1S/C13H26O4/c1-12(2,3)16-8-10-11(9(14)7-15-10)17-13(4,5)6/h9-11,14H,7-8H2,1-6H3/t9?,10-,11?/m1/s1. The van der Waals surface area contributed by atoms with Crippen LogP contribution < -0.4 is 0 Å².